The SMILES string of the molecule is COCCN1CCC(CN=C(N)N2CCCCC2)CC1. The maximum Gasteiger partial charge on any atom is 0.191 e. The largest absolute Gasteiger partial charge is 0.383 e. The molecule has 0 bridgehead atoms. The zero-order chi connectivity index (χ0) is 14.2. The molecule has 2 aliphatic heterocycles. The number of nitrogens with two attached hydrogens (primary N) is 1. The highest BCUT2D eigenvalue weighted by atomic mass is 16.5. The summed E-state index contributed by atoms with van der Waals surface area (Å²) in [5.74, 6) is 1.48. The monoisotopic (exact) mass is 282 g/mol. The van der Waals surface area contributed by atoms with Crippen LogP contribution in [0.2, 0.25) is 0 Å². The van der Waals surface area contributed by atoms with Crippen molar-refractivity contribution in [2.24, 2.45) is 16.6 Å². The van der Waals surface area contributed by atoms with Gasteiger partial charge < -0.3 is 20.3 Å². The zero-order valence-corrected chi connectivity index (χ0v) is 12.9. The number of piperidine rings is 2. The third-order valence-electron chi connectivity index (χ3n) is 4.51. The Hall–Kier alpha value is -0.810. The summed E-state index contributed by atoms with van der Waals surface area (Å²) in [4.78, 5) is 9.37. The van der Waals surface area contributed by atoms with Gasteiger partial charge in [-0.3, -0.25) is 4.99 Å². The average Bonchev–Trinajstić information content (AvgIpc) is 2.52. The van der Waals surface area contributed by atoms with Crippen molar-refractivity contribution in [3.8, 4) is 0 Å². The molecule has 0 unspecified atom stereocenters. The zero-order valence-electron chi connectivity index (χ0n) is 12.9. The Kier molecular flexibility index (Phi) is 6.60. The smallest absolute Gasteiger partial charge is 0.191 e. The van der Waals surface area contributed by atoms with Gasteiger partial charge in [0.05, 0.1) is 6.61 Å². The fourth-order valence-electron chi connectivity index (χ4n) is 3.06. The van der Waals surface area contributed by atoms with Crippen molar-refractivity contribution < 1.29 is 4.74 Å². The van der Waals surface area contributed by atoms with E-state index in [1.807, 2.05) is 0 Å². The molecule has 2 aliphatic rings. The first-order valence-electron chi connectivity index (χ1n) is 8.05. The van der Waals surface area contributed by atoms with Gasteiger partial charge in [-0.25, -0.2) is 0 Å². The van der Waals surface area contributed by atoms with E-state index >= 15 is 0 Å². The van der Waals surface area contributed by atoms with Crippen LogP contribution in [0.25, 0.3) is 0 Å². The predicted octanol–water partition coefficient (Wildman–Crippen LogP) is 1.15. The van der Waals surface area contributed by atoms with Crippen molar-refractivity contribution in [3.63, 3.8) is 0 Å². The standard InChI is InChI=1S/C15H30N4O/c1-20-12-11-18-9-5-14(6-10-18)13-17-15(16)19-7-3-2-4-8-19/h14H,2-13H2,1H3,(H2,16,17). The third-order valence-corrected chi connectivity index (χ3v) is 4.51. The lowest BCUT2D eigenvalue weighted by Gasteiger charge is -2.31. The Bertz CT molecular complexity index is 294. The van der Waals surface area contributed by atoms with Crippen LogP contribution >= 0.6 is 0 Å². The van der Waals surface area contributed by atoms with Crippen molar-refractivity contribution in [1.29, 1.82) is 0 Å². The molecule has 0 aliphatic carbocycles. The molecule has 2 fully saturated rings. The normalized spacial score (nSPS) is 23.2. The molecule has 0 saturated carbocycles. The lowest BCUT2D eigenvalue weighted by Crippen LogP contribution is -2.41. The Balaban J connectivity index is 1.67. The van der Waals surface area contributed by atoms with E-state index in [0.29, 0.717) is 5.92 Å². The van der Waals surface area contributed by atoms with Gasteiger partial charge in [0.25, 0.3) is 0 Å². The van der Waals surface area contributed by atoms with Gasteiger partial charge in [-0.05, 0) is 51.1 Å². The van der Waals surface area contributed by atoms with Gasteiger partial charge in [0.2, 0.25) is 0 Å². The Labute approximate surface area is 123 Å². The number of likely N-dealkylation sites (tertiary alicyclic amines) is 2. The van der Waals surface area contributed by atoms with Crippen LogP contribution < -0.4 is 5.73 Å². The molecule has 0 aromatic heterocycles. The van der Waals surface area contributed by atoms with Crippen LogP contribution in [0.15, 0.2) is 4.99 Å². The van der Waals surface area contributed by atoms with Gasteiger partial charge in [-0.15, -0.1) is 0 Å². The maximum absolute atomic E-state index is 6.11. The van der Waals surface area contributed by atoms with E-state index in [2.05, 4.69) is 14.8 Å². The predicted molar refractivity (Wildman–Crippen MR) is 83.0 cm³/mol. The second kappa shape index (κ2) is 8.47. The van der Waals surface area contributed by atoms with Gasteiger partial charge in [0, 0.05) is 33.3 Å². The number of aliphatic imine (C=N–C) groups is 1. The molecule has 0 amide bonds. The van der Waals surface area contributed by atoms with Crippen LogP contribution in [0, 0.1) is 5.92 Å². The molecule has 0 aromatic rings. The fraction of sp³-hybridized carbons (Fsp3) is 0.933. The van der Waals surface area contributed by atoms with Crippen LogP contribution in [0.5, 0.6) is 0 Å². The first kappa shape index (κ1) is 15.6. The van der Waals surface area contributed by atoms with E-state index in [1.54, 1.807) is 7.11 Å². The fourth-order valence-corrected chi connectivity index (χ4v) is 3.06. The minimum Gasteiger partial charge on any atom is -0.383 e. The molecular formula is C15H30N4O. The number of guanidine groups is 1. The summed E-state index contributed by atoms with van der Waals surface area (Å²) in [6.45, 7) is 7.32. The number of methoxy groups -OCH3 is 1. The first-order chi connectivity index (χ1) is 9.79. The van der Waals surface area contributed by atoms with Crippen molar-refractivity contribution in [2.45, 2.75) is 32.1 Å². The Morgan fingerprint density at radius 3 is 2.50 bits per heavy atom. The van der Waals surface area contributed by atoms with Crippen LogP contribution in [0.3, 0.4) is 0 Å². The van der Waals surface area contributed by atoms with Gasteiger partial charge in [0.1, 0.15) is 0 Å². The van der Waals surface area contributed by atoms with Gasteiger partial charge >= 0.3 is 0 Å². The lowest BCUT2D eigenvalue weighted by molar-refractivity contribution is 0.121. The van der Waals surface area contributed by atoms with Crippen molar-refractivity contribution in [3.05, 3.63) is 0 Å². The minimum atomic E-state index is 0.706. The quantitative estimate of drug-likeness (QED) is 0.607. The van der Waals surface area contributed by atoms with Crippen LogP contribution in [0.1, 0.15) is 32.1 Å². The van der Waals surface area contributed by atoms with Crippen molar-refractivity contribution >= 4 is 5.96 Å². The molecule has 0 atom stereocenters. The van der Waals surface area contributed by atoms with E-state index in [1.165, 1.54) is 45.2 Å². The summed E-state index contributed by atoms with van der Waals surface area (Å²) in [6, 6.07) is 0. The Morgan fingerprint density at radius 1 is 1.15 bits per heavy atom. The minimum absolute atomic E-state index is 0.706. The van der Waals surface area contributed by atoms with Crippen LogP contribution in [-0.4, -0.2) is 68.7 Å². The highest BCUT2D eigenvalue weighted by Crippen LogP contribution is 2.17. The average molecular weight is 282 g/mol. The molecule has 0 radical (unpaired) electrons. The summed E-state index contributed by atoms with van der Waals surface area (Å²) in [6.07, 6.45) is 6.33. The molecule has 5 nitrogen and oxygen atoms in total. The van der Waals surface area contributed by atoms with Crippen molar-refractivity contribution in [1.82, 2.24) is 9.80 Å². The molecule has 0 aromatic carbocycles. The number of nitrogens with zero attached hydrogens (tertiary/aromatic N) is 3. The van der Waals surface area contributed by atoms with Crippen LogP contribution in [0.4, 0.5) is 0 Å². The second-order valence-electron chi connectivity index (χ2n) is 6.02. The summed E-state index contributed by atoms with van der Waals surface area (Å²) >= 11 is 0. The number of hydrogen-bond acceptors (Lipinski definition) is 3. The highest BCUT2D eigenvalue weighted by Gasteiger charge is 2.19. The van der Waals surface area contributed by atoms with E-state index in [9.17, 15) is 0 Å². The molecule has 2 saturated heterocycles. The molecular weight excluding hydrogens is 252 g/mol. The summed E-state index contributed by atoms with van der Waals surface area (Å²) in [7, 11) is 1.77. The van der Waals surface area contributed by atoms with E-state index in [4.69, 9.17) is 10.5 Å². The van der Waals surface area contributed by atoms with Crippen molar-refractivity contribution in [2.75, 3.05) is 53.0 Å². The number of rotatable bonds is 5. The Morgan fingerprint density at radius 2 is 1.85 bits per heavy atom. The number of hydrogen-bond donors (Lipinski definition) is 1. The molecule has 0 spiro atoms. The van der Waals surface area contributed by atoms with E-state index in [-0.39, 0.29) is 0 Å². The number of ether oxygens (including phenoxy) is 1. The highest BCUT2D eigenvalue weighted by molar-refractivity contribution is 5.78. The molecule has 116 valence electrons. The molecule has 2 N–H and O–H groups in total. The third kappa shape index (κ3) is 4.94. The lowest BCUT2D eigenvalue weighted by atomic mass is 9.97. The first-order valence-corrected chi connectivity index (χ1v) is 8.05. The molecule has 2 rings (SSSR count). The van der Waals surface area contributed by atoms with E-state index in [0.717, 1.165) is 38.7 Å². The van der Waals surface area contributed by atoms with Gasteiger partial charge in [-0.1, -0.05) is 0 Å². The topological polar surface area (TPSA) is 54.1 Å². The van der Waals surface area contributed by atoms with Gasteiger partial charge in [-0.2, -0.15) is 0 Å². The van der Waals surface area contributed by atoms with Crippen LogP contribution in [-0.2, 0) is 4.74 Å². The summed E-state index contributed by atoms with van der Waals surface area (Å²) in [5.41, 5.74) is 6.11. The molecule has 5 heteroatoms. The molecule has 20 heavy (non-hydrogen) atoms. The van der Waals surface area contributed by atoms with E-state index < -0.39 is 0 Å². The van der Waals surface area contributed by atoms with Gasteiger partial charge in [0.15, 0.2) is 5.96 Å². The maximum atomic E-state index is 6.11. The molecule has 2 heterocycles. The summed E-state index contributed by atoms with van der Waals surface area (Å²) in [5, 5.41) is 0. The summed E-state index contributed by atoms with van der Waals surface area (Å²) < 4.78 is 5.13. The second-order valence-corrected chi connectivity index (χ2v) is 6.02.